The van der Waals surface area contributed by atoms with Crippen molar-refractivity contribution in [3.05, 3.63) is 77.4 Å². The van der Waals surface area contributed by atoms with E-state index in [4.69, 9.17) is 4.74 Å². The molecular formula is C28H32O. The van der Waals surface area contributed by atoms with Gasteiger partial charge in [-0.15, -0.1) is 0 Å². The van der Waals surface area contributed by atoms with Crippen LogP contribution >= 0.6 is 0 Å². The Bertz CT molecular complexity index is 957. The van der Waals surface area contributed by atoms with Crippen molar-refractivity contribution in [3.8, 4) is 17.6 Å². The van der Waals surface area contributed by atoms with Crippen LogP contribution in [0.3, 0.4) is 0 Å². The molecule has 0 N–H and O–H groups in total. The highest BCUT2D eigenvalue weighted by molar-refractivity contribution is 5.84. The summed E-state index contributed by atoms with van der Waals surface area (Å²) in [4.78, 5) is 0. The van der Waals surface area contributed by atoms with E-state index in [1.165, 1.54) is 48.4 Å². The van der Waals surface area contributed by atoms with Gasteiger partial charge in [0.05, 0.1) is 6.61 Å². The Morgan fingerprint density at radius 1 is 0.655 bits per heavy atom. The molecule has 1 nitrogen and oxygen atoms in total. The minimum Gasteiger partial charge on any atom is -0.494 e. The second-order valence-electron chi connectivity index (χ2n) is 7.68. The molecule has 150 valence electrons. The molecule has 0 amide bonds. The second-order valence-corrected chi connectivity index (χ2v) is 7.68. The van der Waals surface area contributed by atoms with Gasteiger partial charge in [-0.05, 0) is 72.0 Å². The molecule has 0 aromatic heterocycles. The van der Waals surface area contributed by atoms with E-state index >= 15 is 0 Å². The third-order valence-corrected chi connectivity index (χ3v) is 5.20. The first-order chi connectivity index (χ1) is 14.3. The molecule has 29 heavy (non-hydrogen) atoms. The number of benzene rings is 3. The summed E-state index contributed by atoms with van der Waals surface area (Å²) in [5.74, 6) is 7.49. The summed E-state index contributed by atoms with van der Waals surface area (Å²) >= 11 is 0. The van der Waals surface area contributed by atoms with Crippen LogP contribution in [-0.2, 0) is 6.42 Å². The molecule has 0 fully saturated rings. The zero-order valence-corrected chi connectivity index (χ0v) is 17.8. The first-order valence-electron chi connectivity index (χ1n) is 11.1. The molecule has 3 rings (SSSR count). The topological polar surface area (TPSA) is 9.23 Å². The van der Waals surface area contributed by atoms with Gasteiger partial charge in [0.15, 0.2) is 0 Å². The maximum Gasteiger partial charge on any atom is 0.119 e. The fourth-order valence-electron chi connectivity index (χ4n) is 3.41. The highest BCUT2D eigenvalue weighted by Crippen LogP contribution is 2.19. The van der Waals surface area contributed by atoms with Crippen LogP contribution in [0, 0.1) is 11.8 Å². The number of hydrogen-bond acceptors (Lipinski definition) is 1. The zero-order valence-electron chi connectivity index (χ0n) is 17.8. The molecule has 0 spiro atoms. The monoisotopic (exact) mass is 384 g/mol. The molecule has 0 unspecified atom stereocenters. The van der Waals surface area contributed by atoms with Gasteiger partial charge in [0.25, 0.3) is 0 Å². The average molecular weight is 385 g/mol. The quantitative estimate of drug-likeness (QED) is 0.273. The number of fused-ring (bicyclic) bond motifs is 1. The lowest BCUT2D eigenvalue weighted by atomic mass is 10.0. The Hall–Kier alpha value is -2.72. The third kappa shape index (κ3) is 6.68. The van der Waals surface area contributed by atoms with Crippen molar-refractivity contribution >= 4 is 10.8 Å². The minimum atomic E-state index is 0.794. The van der Waals surface area contributed by atoms with Crippen LogP contribution in [0.5, 0.6) is 5.75 Å². The molecule has 0 radical (unpaired) electrons. The summed E-state index contributed by atoms with van der Waals surface area (Å²) in [6.07, 6.45) is 8.55. The van der Waals surface area contributed by atoms with Gasteiger partial charge in [-0.3, -0.25) is 0 Å². The van der Waals surface area contributed by atoms with Gasteiger partial charge < -0.3 is 4.74 Å². The second kappa shape index (κ2) is 11.3. The van der Waals surface area contributed by atoms with E-state index in [1.54, 1.807) is 0 Å². The summed E-state index contributed by atoms with van der Waals surface area (Å²) in [5.41, 5.74) is 3.49. The fraction of sp³-hybridized carbons (Fsp3) is 0.357. The van der Waals surface area contributed by atoms with Crippen molar-refractivity contribution in [2.45, 2.75) is 58.8 Å². The van der Waals surface area contributed by atoms with Crippen molar-refractivity contribution in [3.63, 3.8) is 0 Å². The number of hydrogen-bond donors (Lipinski definition) is 0. The summed E-state index contributed by atoms with van der Waals surface area (Å²) in [7, 11) is 0. The van der Waals surface area contributed by atoms with E-state index in [0.717, 1.165) is 36.3 Å². The van der Waals surface area contributed by atoms with Crippen molar-refractivity contribution < 1.29 is 4.74 Å². The van der Waals surface area contributed by atoms with Gasteiger partial charge in [-0.25, -0.2) is 0 Å². The number of unbranched alkanes of at least 4 members (excludes halogenated alkanes) is 4. The number of rotatable bonds is 9. The molecule has 0 saturated heterocycles. The Kier molecular flexibility index (Phi) is 8.20. The van der Waals surface area contributed by atoms with Crippen molar-refractivity contribution in [2.75, 3.05) is 6.61 Å². The summed E-state index contributed by atoms with van der Waals surface area (Å²) in [6.45, 7) is 5.26. The van der Waals surface area contributed by atoms with Gasteiger partial charge in [-0.2, -0.15) is 0 Å². The Morgan fingerprint density at radius 3 is 2.14 bits per heavy atom. The summed E-state index contributed by atoms with van der Waals surface area (Å²) < 4.78 is 5.80. The highest BCUT2D eigenvalue weighted by Gasteiger charge is 1.99. The van der Waals surface area contributed by atoms with Gasteiger partial charge in [-0.1, -0.05) is 75.6 Å². The zero-order chi connectivity index (χ0) is 20.3. The first kappa shape index (κ1) is 21.0. The Balaban J connectivity index is 1.60. The first-order valence-corrected chi connectivity index (χ1v) is 11.1. The van der Waals surface area contributed by atoms with E-state index in [0.29, 0.717) is 0 Å². The molecular weight excluding hydrogens is 352 g/mol. The Labute approximate surface area is 176 Å². The van der Waals surface area contributed by atoms with E-state index in [2.05, 4.69) is 62.1 Å². The fourth-order valence-corrected chi connectivity index (χ4v) is 3.41. The van der Waals surface area contributed by atoms with E-state index in [-0.39, 0.29) is 0 Å². The van der Waals surface area contributed by atoms with Gasteiger partial charge >= 0.3 is 0 Å². The SMILES string of the molecule is CCCCCCOc1ccc(C#Cc2ccc3cc(CCCC)ccc3c2)cc1. The van der Waals surface area contributed by atoms with Gasteiger partial charge in [0, 0.05) is 11.1 Å². The van der Waals surface area contributed by atoms with Crippen LogP contribution in [0.25, 0.3) is 10.8 Å². The lowest BCUT2D eigenvalue weighted by Crippen LogP contribution is -1.96. The molecule has 1 heteroatoms. The van der Waals surface area contributed by atoms with Crippen LogP contribution in [0.1, 0.15) is 69.1 Å². The van der Waals surface area contributed by atoms with Crippen molar-refractivity contribution in [2.24, 2.45) is 0 Å². The minimum absolute atomic E-state index is 0.794. The molecule has 0 saturated carbocycles. The number of aryl methyl sites for hydroxylation is 1. The molecule has 0 aliphatic carbocycles. The smallest absolute Gasteiger partial charge is 0.119 e. The molecule has 3 aromatic rings. The lowest BCUT2D eigenvalue weighted by molar-refractivity contribution is 0.305. The predicted octanol–water partition coefficient (Wildman–Crippen LogP) is 7.54. The standard InChI is InChI=1S/C28H32O/c1-3-5-7-8-20-29-28-18-14-23(15-19-28)10-11-25-13-17-26-21-24(9-6-4-2)12-16-27(26)22-25/h12-19,21-22H,3-9,20H2,1-2H3. The maximum atomic E-state index is 5.80. The Morgan fingerprint density at radius 2 is 1.34 bits per heavy atom. The van der Waals surface area contributed by atoms with Crippen molar-refractivity contribution in [1.29, 1.82) is 0 Å². The van der Waals surface area contributed by atoms with Gasteiger partial charge in [0.1, 0.15) is 5.75 Å². The molecule has 0 heterocycles. The highest BCUT2D eigenvalue weighted by atomic mass is 16.5. The van der Waals surface area contributed by atoms with Crippen LogP contribution < -0.4 is 4.74 Å². The lowest BCUT2D eigenvalue weighted by Gasteiger charge is -2.05. The van der Waals surface area contributed by atoms with E-state index in [9.17, 15) is 0 Å². The van der Waals surface area contributed by atoms with Crippen molar-refractivity contribution in [1.82, 2.24) is 0 Å². The van der Waals surface area contributed by atoms with E-state index < -0.39 is 0 Å². The average Bonchev–Trinajstić information content (AvgIpc) is 2.76. The van der Waals surface area contributed by atoms with Gasteiger partial charge in [0.2, 0.25) is 0 Å². The third-order valence-electron chi connectivity index (χ3n) is 5.20. The van der Waals surface area contributed by atoms with Crippen LogP contribution in [0.4, 0.5) is 0 Å². The molecule has 0 aliphatic heterocycles. The molecule has 0 bridgehead atoms. The van der Waals surface area contributed by atoms with Crippen LogP contribution in [-0.4, -0.2) is 6.61 Å². The summed E-state index contributed by atoms with van der Waals surface area (Å²) in [6, 6.07) is 21.4. The normalized spacial score (nSPS) is 10.6. The van der Waals surface area contributed by atoms with Crippen LogP contribution in [0.15, 0.2) is 60.7 Å². The molecule has 0 atom stereocenters. The molecule has 3 aromatic carbocycles. The maximum absolute atomic E-state index is 5.80. The number of ether oxygens (including phenoxy) is 1. The molecule has 0 aliphatic rings. The van der Waals surface area contributed by atoms with E-state index in [1.807, 2.05) is 24.3 Å². The summed E-state index contributed by atoms with van der Waals surface area (Å²) in [5, 5.41) is 2.55. The predicted molar refractivity (Wildman–Crippen MR) is 125 cm³/mol. The van der Waals surface area contributed by atoms with Crippen LogP contribution in [0.2, 0.25) is 0 Å². The largest absolute Gasteiger partial charge is 0.494 e.